The van der Waals surface area contributed by atoms with Crippen molar-refractivity contribution in [1.82, 2.24) is 19.8 Å². The third kappa shape index (κ3) is 5.85. The number of halogens is 2. The molecular weight excluding hydrogens is 581 g/mol. The van der Waals surface area contributed by atoms with Crippen molar-refractivity contribution >= 4 is 40.1 Å². The van der Waals surface area contributed by atoms with Crippen LogP contribution in [0.5, 0.6) is 5.75 Å². The van der Waals surface area contributed by atoms with Crippen LogP contribution in [0.25, 0.3) is 16.6 Å². The first-order chi connectivity index (χ1) is 21.3. The van der Waals surface area contributed by atoms with Crippen molar-refractivity contribution in [3.05, 3.63) is 94.7 Å². The number of nitriles is 1. The van der Waals surface area contributed by atoms with Gasteiger partial charge in [0.15, 0.2) is 11.5 Å². The first-order valence-electron chi connectivity index (χ1n) is 14.0. The molecule has 0 aliphatic carbocycles. The lowest BCUT2D eigenvalue weighted by atomic mass is 10.0. The van der Waals surface area contributed by atoms with Gasteiger partial charge in [-0.15, -0.1) is 10.2 Å². The lowest BCUT2D eigenvalue weighted by Crippen LogP contribution is -2.40. The number of aliphatic imine (C=N–C) groups is 1. The average Bonchev–Trinajstić information content (AvgIpc) is 3.48. The van der Waals surface area contributed by atoms with Gasteiger partial charge >= 0.3 is 0 Å². The maximum absolute atomic E-state index is 14.0. The van der Waals surface area contributed by atoms with E-state index >= 15 is 0 Å². The lowest BCUT2D eigenvalue weighted by molar-refractivity contribution is 0.414. The van der Waals surface area contributed by atoms with Crippen molar-refractivity contribution in [2.75, 3.05) is 30.4 Å². The summed E-state index contributed by atoms with van der Waals surface area (Å²) < 4.78 is 21.2. The topological polar surface area (TPSA) is 130 Å². The molecule has 1 aliphatic rings. The van der Waals surface area contributed by atoms with Gasteiger partial charge < -0.3 is 20.7 Å². The van der Waals surface area contributed by atoms with Crippen LogP contribution in [0.4, 0.5) is 21.6 Å². The molecule has 2 aromatic carbocycles. The molecule has 3 N–H and O–H groups in total. The largest absolute Gasteiger partial charge is 0.497 e. The molecule has 10 nitrogen and oxygen atoms in total. The van der Waals surface area contributed by atoms with Crippen molar-refractivity contribution < 1.29 is 9.13 Å². The van der Waals surface area contributed by atoms with E-state index in [1.54, 1.807) is 19.4 Å². The van der Waals surface area contributed by atoms with Gasteiger partial charge in [-0.3, -0.25) is 0 Å². The number of aromatic nitrogens is 4. The van der Waals surface area contributed by atoms with Crippen LogP contribution in [0.3, 0.4) is 0 Å². The molecule has 0 atom stereocenters. The minimum absolute atomic E-state index is 0.106. The van der Waals surface area contributed by atoms with E-state index in [-0.39, 0.29) is 28.3 Å². The van der Waals surface area contributed by atoms with Crippen LogP contribution in [0, 0.1) is 24.1 Å². The number of fused-ring (bicyclic) bond motifs is 1. The molecule has 1 saturated heterocycles. The minimum Gasteiger partial charge on any atom is -0.497 e. The number of anilines is 2. The van der Waals surface area contributed by atoms with Crippen LogP contribution in [0.1, 0.15) is 29.7 Å². The Morgan fingerprint density at radius 1 is 1.14 bits per heavy atom. The van der Waals surface area contributed by atoms with Gasteiger partial charge in [0, 0.05) is 37.0 Å². The predicted molar refractivity (Wildman–Crippen MR) is 169 cm³/mol. The Kier molecular flexibility index (Phi) is 8.00. The fourth-order valence-electron chi connectivity index (χ4n) is 5.41. The standard InChI is InChI=1S/C32H29ClFN9O/c1-19-13-24(44-2)5-6-25(19)20-14-29-31(38-22-9-11-42(12-10-22)30-8-4-23(16-35)40-41-30)26(17-37-43(29)18-20)32(36)39-28-15-21(34)3-7-27(28)33/h3-8,13-15,17-18,22,38H,9-12H2,1-2H3,(H2,36,39). The summed E-state index contributed by atoms with van der Waals surface area (Å²) >= 11 is 6.30. The second-order valence-electron chi connectivity index (χ2n) is 10.6. The molecule has 4 heterocycles. The number of ether oxygens (including phenoxy) is 1. The predicted octanol–water partition coefficient (Wildman–Crippen LogP) is 5.89. The summed E-state index contributed by atoms with van der Waals surface area (Å²) in [6, 6.07) is 17.6. The molecule has 1 fully saturated rings. The van der Waals surface area contributed by atoms with E-state index in [0.29, 0.717) is 5.56 Å². The molecule has 0 spiro atoms. The molecule has 0 amide bonds. The second-order valence-corrected chi connectivity index (χ2v) is 11.0. The number of nitrogens with zero attached hydrogens (tertiary/aromatic N) is 7. The minimum atomic E-state index is -0.460. The molecule has 0 unspecified atom stereocenters. The summed E-state index contributed by atoms with van der Waals surface area (Å²) in [4.78, 5) is 6.64. The van der Waals surface area contributed by atoms with E-state index < -0.39 is 5.82 Å². The zero-order valence-electron chi connectivity index (χ0n) is 24.1. The number of aryl methyl sites for hydroxylation is 1. The van der Waals surface area contributed by atoms with E-state index in [2.05, 4.69) is 36.6 Å². The number of amidine groups is 1. The van der Waals surface area contributed by atoms with Crippen LogP contribution in [-0.4, -0.2) is 51.9 Å². The van der Waals surface area contributed by atoms with Crippen LogP contribution in [0.2, 0.25) is 5.02 Å². The maximum Gasteiger partial charge on any atom is 0.163 e. The zero-order chi connectivity index (χ0) is 30.8. The SMILES string of the molecule is COc1ccc(-c2cc3c(NC4CCN(c5ccc(C#N)nn5)CC4)c(C(N)=Nc4cc(F)ccc4Cl)cnn3c2)c(C)c1. The summed E-state index contributed by atoms with van der Waals surface area (Å²) in [5.41, 5.74) is 12.3. The molecular formula is C32H29ClFN9O. The number of methoxy groups -OCH3 is 1. The van der Waals surface area contributed by atoms with Gasteiger partial charge in [0.1, 0.15) is 23.5 Å². The van der Waals surface area contributed by atoms with Crippen LogP contribution in [-0.2, 0) is 0 Å². The molecule has 5 aromatic rings. The van der Waals surface area contributed by atoms with Crippen LogP contribution >= 0.6 is 11.6 Å². The summed E-state index contributed by atoms with van der Waals surface area (Å²) in [6.45, 7) is 3.53. The van der Waals surface area contributed by atoms with Gasteiger partial charge in [-0.1, -0.05) is 17.7 Å². The number of nitrogens with one attached hydrogen (secondary N) is 1. The molecule has 0 bridgehead atoms. The number of rotatable bonds is 7. The van der Waals surface area contributed by atoms with Crippen molar-refractivity contribution in [2.24, 2.45) is 10.7 Å². The molecule has 44 heavy (non-hydrogen) atoms. The summed E-state index contributed by atoms with van der Waals surface area (Å²) in [6.07, 6.45) is 5.26. The Labute approximate surface area is 258 Å². The summed E-state index contributed by atoms with van der Waals surface area (Å²) in [5, 5.41) is 25.9. The second kappa shape index (κ2) is 12.2. The van der Waals surface area contributed by atoms with Gasteiger partial charge in [0.25, 0.3) is 0 Å². The van der Waals surface area contributed by atoms with Crippen molar-refractivity contribution in [3.8, 4) is 22.9 Å². The number of piperidine rings is 1. The monoisotopic (exact) mass is 609 g/mol. The maximum atomic E-state index is 14.0. The normalized spacial score (nSPS) is 14.1. The van der Waals surface area contributed by atoms with Gasteiger partial charge in [-0.2, -0.15) is 10.4 Å². The summed E-state index contributed by atoms with van der Waals surface area (Å²) in [7, 11) is 1.65. The molecule has 3 aromatic heterocycles. The Balaban J connectivity index is 1.36. The number of hydrogen-bond donors (Lipinski definition) is 2. The highest BCUT2D eigenvalue weighted by Gasteiger charge is 2.24. The molecule has 12 heteroatoms. The van der Waals surface area contributed by atoms with Crippen LogP contribution in [0.15, 0.2) is 72.0 Å². The highest BCUT2D eigenvalue weighted by atomic mass is 35.5. The Morgan fingerprint density at radius 3 is 2.66 bits per heavy atom. The van der Waals surface area contributed by atoms with E-state index in [9.17, 15) is 4.39 Å². The Hall–Kier alpha value is -5.21. The highest BCUT2D eigenvalue weighted by Crippen LogP contribution is 2.34. The van der Waals surface area contributed by atoms with Crippen molar-refractivity contribution in [3.63, 3.8) is 0 Å². The quantitative estimate of drug-likeness (QED) is 0.173. The smallest absolute Gasteiger partial charge is 0.163 e. The molecule has 6 rings (SSSR count). The van der Waals surface area contributed by atoms with E-state index in [1.165, 1.54) is 18.2 Å². The molecule has 222 valence electrons. The first-order valence-corrected chi connectivity index (χ1v) is 14.4. The molecule has 1 aliphatic heterocycles. The Morgan fingerprint density at radius 2 is 1.95 bits per heavy atom. The van der Waals surface area contributed by atoms with Gasteiger partial charge in [0.05, 0.1) is 40.8 Å². The van der Waals surface area contributed by atoms with Crippen LogP contribution < -0.4 is 20.7 Å². The van der Waals surface area contributed by atoms with Gasteiger partial charge in [-0.05, 0) is 73.4 Å². The van der Waals surface area contributed by atoms with Gasteiger partial charge in [-0.25, -0.2) is 13.9 Å². The Bertz CT molecular complexity index is 1910. The molecule has 0 radical (unpaired) electrons. The van der Waals surface area contributed by atoms with E-state index in [0.717, 1.165) is 65.4 Å². The lowest BCUT2D eigenvalue weighted by Gasteiger charge is -2.33. The number of hydrogen-bond acceptors (Lipinski definition) is 8. The highest BCUT2D eigenvalue weighted by molar-refractivity contribution is 6.33. The molecule has 0 saturated carbocycles. The van der Waals surface area contributed by atoms with Crippen molar-refractivity contribution in [2.45, 2.75) is 25.8 Å². The number of benzene rings is 2. The van der Waals surface area contributed by atoms with Crippen molar-refractivity contribution in [1.29, 1.82) is 5.26 Å². The van der Waals surface area contributed by atoms with E-state index in [1.807, 2.05) is 48.0 Å². The third-order valence-electron chi connectivity index (χ3n) is 7.74. The fourth-order valence-corrected chi connectivity index (χ4v) is 5.57. The fraction of sp³-hybridized carbons (Fsp3) is 0.219. The first kappa shape index (κ1) is 28.9. The van der Waals surface area contributed by atoms with E-state index in [4.69, 9.17) is 27.3 Å². The zero-order valence-corrected chi connectivity index (χ0v) is 24.9. The number of nitrogens with two attached hydrogens (primary N) is 1. The third-order valence-corrected chi connectivity index (χ3v) is 8.06. The van der Waals surface area contributed by atoms with Gasteiger partial charge in [0.2, 0.25) is 0 Å². The summed E-state index contributed by atoms with van der Waals surface area (Å²) in [5.74, 6) is 1.22. The average molecular weight is 610 g/mol.